The molecule has 0 radical (unpaired) electrons. The fourth-order valence-electron chi connectivity index (χ4n) is 3.36. The van der Waals surface area contributed by atoms with Gasteiger partial charge in [0.2, 0.25) is 5.91 Å². The van der Waals surface area contributed by atoms with Crippen molar-refractivity contribution in [2.24, 2.45) is 0 Å². The Kier molecular flexibility index (Phi) is 5.11. The minimum absolute atomic E-state index is 0.0115. The molecule has 3 rings (SSSR count). The normalized spacial score (nSPS) is 16.9. The van der Waals surface area contributed by atoms with Crippen LogP contribution in [0.2, 0.25) is 0 Å². The number of carbonyl (C=O) groups excluding carboxylic acids is 3. The minimum Gasteiger partial charge on any atom is -0.493 e. The van der Waals surface area contributed by atoms with Crippen molar-refractivity contribution in [1.29, 1.82) is 0 Å². The summed E-state index contributed by atoms with van der Waals surface area (Å²) in [6.07, 6.45) is 0.631. The third-order valence-corrected chi connectivity index (χ3v) is 5.21. The summed E-state index contributed by atoms with van der Waals surface area (Å²) in [6, 6.07) is 5.76. The van der Waals surface area contributed by atoms with Crippen molar-refractivity contribution in [3.05, 3.63) is 53.1 Å². The number of ether oxygens (including phenoxy) is 2. The third kappa shape index (κ3) is 4.59. The van der Waals surface area contributed by atoms with Crippen LogP contribution in [0.3, 0.4) is 0 Å². The van der Waals surface area contributed by atoms with Crippen LogP contribution >= 0.6 is 0 Å². The van der Waals surface area contributed by atoms with Gasteiger partial charge in [-0.25, -0.2) is 8.42 Å². The van der Waals surface area contributed by atoms with Gasteiger partial charge < -0.3 is 14.8 Å². The van der Waals surface area contributed by atoms with E-state index in [0.717, 1.165) is 13.0 Å². The summed E-state index contributed by atoms with van der Waals surface area (Å²) in [5, 5.41) is 2.45. The Bertz CT molecular complexity index is 1360. The average molecular weight is 465 g/mol. The van der Waals surface area contributed by atoms with Gasteiger partial charge in [0.1, 0.15) is 9.84 Å². The Balaban J connectivity index is 2.26. The number of carbonyl (C=O) groups is 3. The van der Waals surface area contributed by atoms with E-state index in [-0.39, 0.29) is 33.9 Å². The molecule has 9 nitrogen and oxygen atoms in total. The maximum absolute atomic E-state index is 13.5. The first kappa shape index (κ1) is 18.2. The summed E-state index contributed by atoms with van der Waals surface area (Å²) in [6.45, 7) is 0.120. The molecule has 0 saturated heterocycles. The van der Waals surface area contributed by atoms with Gasteiger partial charge in [-0.15, -0.1) is 0 Å². The van der Waals surface area contributed by atoms with Gasteiger partial charge in [0, 0.05) is 15.9 Å². The highest BCUT2D eigenvalue weighted by Crippen LogP contribution is 2.38. The molecule has 0 aromatic heterocycles. The molecular weight excluding hydrogens is 436 g/mol. The molecule has 1 N–H and O–H groups in total. The molecule has 0 bridgehead atoms. The number of methoxy groups -OCH3 is 1. The summed E-state index contributed by atoms with van der Waals surface area (Å²) in [4.78, 5) is 39.0. The number of nitrogens with zero attached hydrogens (tertiary/aromatic N) is 1. The average Bonchev–Trinajstić information content (AvgIpc) is 2.97. The lowest BCUT2D eigenvalue weighted by atomic mass is 10.1. The fraction of sp³-hybridized carbons (Fsp3) is 0.318. The molecule has 0 aliphatic carbocycles. The molecule has 1 heterocycles. The highest BCUT2D eigenvalue weighted by atomic mass is 32.2. The molecule has 1 aliphatic rings. The number of fused-ring (bicyclic) bond motifs is 1. The largest absolute Gasteiger partial charge is 0.493 e. The zero-order valence-electron chi connectivity index (χ0n) is 21.8. The van der Waals surface area contributed by atoms with Crippen molar-refractivity contribution < 1.29 is 37.8 Å². The van der Waals surface area contributed by atoms with Crippen LogP contribution in [0, 0.1) is 0 Å². The molecule has 2 aromatic carbocycles. The highest BCUT2D eigenvalue weighted by molar-refractivity contribution is 7.90. The molecule has 1 atom stereocenters. The summed E-state index contributed by atoms with van der Waals surface area (Å²) in [5.41, 5.74) is -3.68. The molecule has 1 aliphatic heterocycles. The van der Waals surface area contributed by atoms with Crippen molar-refractivity contribution >= 4 is 33.2 Å². The first-order valence-electron chi connectivity index (χ1n) is 11.3. The molecule has 10 heteroatoms. The zero-order chi connectivity index (χ0) is 27.2. The molecule has 0 fully saturated rings. The van der Waals surface area contributed by atoms with Crippen LogP contribution in [0.1, 0.15) is 51.7 Å². The number of hydrogen-bond donors (Lipinski definition) is 1. The molecule has 2 aromatic rings. The lowest BCUT2D eigenvalue weighted by Crippen LogP contribution is -2.37. The van der Waals surface area contributed by atoms with Crippen LogP contribution in [0.5, 0.6) is 11.5 Å². The van der Waals surface area contributed by atoms with E-state index in [2.05, 4.69) is 5.32 Å². The van der Waals surface area contributed by atoms with E-state index in [1.165, 1.54) is 44.4 Å². The quantitative estimate of drug-likeness (QED) is 0.596. The van der Waals surface area contributed by atoms with E-state index in [1.54, 1.807) is 0 Å². The standard InChI is InChI=1S/C22H24N2O7S/c1-5-31-19-11-14(9-10-18(19)30-3)17(12-32(4,28)29)24-21(26)15-7-6-8-16(23-13(2)25)20(15)22(24)27/h6-11,17H,5,12H2,1-4H3,(H,23,25)/i5D2,12D2. The summed E-state index contributed by atoms with van der Waals surface area (Å²) >= 11 is 0. The first-order valence-corrected chi connectivity index (χ1v) is 11.2. The second-order valence-corrected chi connectivity index (χ2v) is 8.68. The minimum atomic E-state index is -4.54. The topological polar surface area (TPSA) is 119 Å². The SMILES string of the molecule is [2H]C([2H])(C)Oc1cc(C(N2C(=O)c3cccc(NC(C)=O)c3C2=O)C([2H])([2H])S(C)(=O)=O)ccc1OC. The van der Waals surface area contributed by atoms with E-state index in [1.807, 2.05) is 0 Å². The van der Waals surface area contributed by atoms with Crippen LogP contribution in [0.15, 0.2) is 36.4 Å². The van der Waals surface area contributed by atoms with Gasteiger partial charge in [0.05, 0.1) is 45.0 Å². The third-order valence-electron chi connectivity index (χ3n) is 4.56. The molecular formula is C22H24N2O7S. The molecule has 3 amide bonds. The van der Waals surface area contributed by atoms with Gasteiger partial charge >= 0.3 is 0 Å². The van der Waals surface area contributed by atoms with Crippen molar-refractivity contribution in [2.75, 3.05) is 30.9 Å². The van der Waals surface area contributed by atoms with E-state index < -0.39 is 45.9 Å². The lowest BCUT2D eigenvalue weighted by molar-refractivity contribution is -0.114. The van der Waals surface area contributed by atoms with Gasteiger partial charge in [-0.2, -0.15) is 0 Å². The second-order valence-electron chi connectivity index (χ2n) is 6.90. The Hall–Kier alpha value is -3.40. The van der Waals surface area contributed by atoms with Crippen LogP contribution in [0.4, 0.5) is 5.69 Å². The Morgan fingerprint density at radius 1 is 1.19 bits per heavy atom. The number of rotatable bonds is 8. The van der Waals surface area contributed by atoms with Crippen LogP contribution in [-0.2, 0) is 14.6 Å². The number of amides is 3. The van der Waals surface area contributed by atoms with Crippen LogP contribution < -0.4 is 14.8 Å². The smallest absolute Gasteiger partial charge is 0.264 e. The van der Waals surface area contributed by atoms with Gasteiger partial charge in [0.25, 0.3) is 11.8 Å². The van der Waals surface area contributed by atoms with E-state index in [4.69, 9.17) is 15.0 Å². The first-order chi connectivity index (χ1) is 16.5. The predicted octanol–water partition coefficient (Wildman–Crippen LogP) is 2.43. The van der Waals surface area contributed by atoms with Crippen LogP contribution in [-0.4, -0.2) is 56.7 Å². The number of anilines is 1. The monoisotopic (exact) mass is 464 g/mol. The predicted molar refractivity (Wildman–Crippen MR) is 118 cm³/mol. The maximum Gasteiger partial charge on any atom is 0.264 e. The summed E-state index contributed by atoms with van der Waals surface area (Å²) in [5.74, 6) is -2.65. The molecule has 0 spiro atoms. The number of imide groups is 1. The maximum atomic E-state index is 13.5. The summed E-state index contributed by atoms with van der Waals surface area (Å²) in [7, 11) is -3.26. The van der Waals surface area contributed by atoms with Gasteiger partial charge in [-0.1, -0.05) is 12.1 Å². The van der Waals surface area contributed by atoms with Crippen LogP contribution in [0.25, 0.3) is 0 Å². The van der Waals surface area contributed by atoms with E-state index >= 15 is 0 Å². The number of nitrogens with one attached hydrogen (secondary N) is 1. The van der Waals surface area contributed by atoms with Crippen molar-refractivity contribution in [3.8, 4) is 11.5 Å². The van der Waals surface area contributed by atoms with E-state index in [9.17, 15) is 22.8 Å². The molecule has 32 heavy (non-hydrogen) atoms. The van der Waals surface area contributed by atoms with Gasteiger partial charge in [-0.3, -0.25) is 19.3 Å². The van der Waals surface area contributed by atoms with Crippen molar-refractivity contribution in [2.45, 2.75) is 19.9 Å². The molecule has 1 unspecified atom stereocenters. The highest BCUT2D eigenvalue weighted by Gasteiger charge is 2.43. The summed E-state index contributed by atoms with van der Waals surface area (Å²) < 4.78 is 67.9. The number of hydrogen-bond acceptors (Lipinski definition) is 7. The van der Waals surface area contributed by atoms with Crippen molar-refractivity contribution in [1.82, 2.24) is 4.90 Å². The van der Waals surface area contributed by atoms with Crippen molar-refractivity contribution in [3.63, 3.8) is 0 Å². The Morgan fingerprint density at radius 3 is 2.50 bits per heavy atom. The number of sulfone groups is 1. The van der Waals surface area contributed by atoms with E-state index in [0.29, 0.717) is 11.2 Å². The number of benzene rings is 2. The van der Waals surface area contributed by atoms with Gasteiger partial charge in [-0.05, 0) is 36.8 Å². The Morgan fingerprint density at radius 2 is 1.91 bits per heavy atom. The lowest BCUT2D eigenvalue weighted by Gasteiger charge is -2.27. The van der Waals surface area contributed by atoms with Gasteiger partial charge in [0.15, 0.2) is 11.5 Å². The zero-order valence-corrected chi connectivity index (χ0v) is 18.6. The second kappa shape index (κ2) is 8.99. The Labute approximate surface area is 191 Å². The fourth-order valence-corrected chi connectivity index (χ4v) is 4.00. The molecule has 170 valence electrons. The molecule has 0 saturated carbocycles.